The fraction of sp³-hybridized carbons (Fsp3) is 0.278. The fourth-order valence-corrected chi connectivity index (χ4v) is 2.67. The van der Waals surface area contributed by atoms with E-state index in [1.807, 2.05) is 18.2 Å². The standard InChI is InChI=1S/C18H19Cl2FN2O/c1-12(18(24)22-10-13-6-3-4-7-15(13)19)23(2)11-14-16(20)8-5-9-17(14)21/h3-9,12H,10-11H2,1-2H3,(H,22,24). The van der Waals surface area contributed by atoms with Crippen molar-refractivity contribution in [2.24, 2.45) is 0 Å². The number of hydrogen-bond acceptors (Lipinski definition) is 2. The van der Waals surface area contributed by atoms with Crippen LogP contribution in [-0.4, -0.2) is 23.9 Å². The van der Waals surface area contributed by atoms with E-state index in [-0.39, 0.29) is 18.3 Å². The first-order chi connectivity index (χ1) is 11.4. The Kier molecular flexibility index (Phi) is 6.60. The summed E-state index contributed by atoms with van der Waals surface area (Å²) < 4.78 is 13.9. The molecule has 0 aromatic heterocycles. The van der Waals surface area contributed by atoms with Gasteiger partial charge in [0.05, 0.1) is 6.04 Å². The molecule has 0 radical (unpaired) electrons. The molecule has 0 bridgehead atoms. The number of nitrogens with one attached hydrogen (secondary N) is 1. The summed E-state index contributed by atoms with van der Waals surface area (Å²) in [6, 6.07) is 11.4. The number of nitrogens with zero attached hydrogens (tertiary/aromatic N) is 1. The lowest BCUT2D eigenvalue weighted by Gasteiger charge is -2.24. The van der Waals surface area contributed by atoms with Gasteiger partial charge in [-0.3, -0.25) is 9.69 Å². The quantitative estimate of drug-likeness (QED) is 0.825. The number of carbonyl (C=O) groups excluding carboxylic acids is 1. The first kappa shape index (κ1) is 18.7. The molecular weight excluding hydrogens is 350 g/mol. The molecule has 6 heteroatoms. The van der Waals surface area contributed by atoms with E-state index >= 15 is 0 Å². The molecule has 0 spiro atoms. The highest BCUT2D eigenvalue weighted by Crippen LogP contribution is 2.21. The molecule has 0 aliphatic heterocycles. The van der Waals surface area contributed by atoms with Gasteiger partial charge in [-0.05, 0) is 37.7 Å². The zero-order valence-corrected chi connectivity index (χ0v) is 15.0. The SMILES string of the molecule is CC(C(=O)NCc1ccccc1Cl)N(C)Cc1c(F)cccc1Cl. The Hall–Kier alpha value is -1.62. The Morgan fingerprint density at radius 2 is 1.83 bits per heavy atom. The van der Waals surface area contributed by atoms with Gasteiger partial charge >= 0.3 is 0 Å². The smallest absolute Gasteiger partial charge is 0.237 e. The van der Waals surface area contributed by atoms with Crippen LogP contribution >= 0.6 is 23.2 Å². The third kappa shape index (κ3) is 4.69. The molecule has 2 aromatic carbocycles. The van der Waals surface area contributed by atoms with E-state index in [9.17, 15) is 9.18 Å². The normalized spacial score (nSPS) is 12.2. The van der Waals surface area contributed by atoms with E-state index in [1.165, 1.54) is 6.07 Å². The van der Waals surface area contributed by atoms with Gasteiger partial charge in [0.2, 0.25) is 5.91 Å². The van der Waals surface area contributed by atoms with Crippen molar-refractivity contribution in [3.05, 3.63) is 69.5 Å². The van der Waals surface area contributed by atoms with Gasteiger partial charge in [-0.1, -0.05) is 47.5 Å². The molecular formula is C18H19Cl2FN2O. The van der Waals surface area contributed by atoms with E-state index in [4.69, 9.17) is 23.2 Å². The predicted molar refractivity (Wildman–Crippen MR) is 95.6 cm³/mol. The summed E-state index contributed by atoms with van der Waals surface area (Å²) >= 11 is 12.1. The van der Waals surface area contributed by atoms with Crippen molar-refractivity contribution >= 4 is 29.1 Å². The zero-order chi connectivity index (χ0) is 17.7. The fourth-order valence-electron chi connectivity index (χ4n) is 2.24. The first-order valence-corrected chi connectivity index (χ1v) is 8.30. The number of likely N-dealkylation sites (N-methyl/N-ethyl adjacent to an activating group) is 1. The average Bonchev–Trinajstić information content (AvgIpc) is 2.56. The Morgan fingerprint density at radius 1 is 1.17 bits per heavy atom. The number of halogens is 3. The highest BCUT2D eigenvalue weighted by atomic mass is 35.5. The third-order valence-corrected chi connectivity index (χ3v) is 4.64. The number of benzene rings is 2. The van der Waals surface area contributed by atoms with Crippen LogP contribution in [0.3, 0.4) is 0 Å². The summed E-state index contributed by atoms with van der Waals surface area (Å²) in [5, 5.41) is 3.80. The van der Waals surface area contributed by atoms with E-state index in [2.05, 4.69) is 5.32 Å². The van der Waals surface area contributed by atoms with Gasteiger partial charge in [0.1, 0.15) is 5.82 Å². The largest absolute Gasteiger partial charge is 0.351 e. The minimum Gasteiger partial charge on any atom is -0.351 e. The molecule has 2 aromatic rings. The highest BCUT2D eigenvalue weighted by molar-refractivity contribution is 6.31. The van der Waals surface area contributed by atoms with Gasteiger partial charge < -0.3 is 5.32 Å². The summed E-state index contributed by atoms with van der Waals surface area (Å²) in [6.45, 7) is 2.35. The molecule has 3 nitrogen and oxygen atoms in total. The maximum atomic E-state index is 13.9. The van der Waals surface area contributed by atoms with Crippen molar-refractivity contribution in [2.45, 2.75) is 26.1 Å². The predicted octanol–water partition coefficient (Wildman–Crippen LogP) is 4.27. The van der Waals surface area contributed by atoms with Crippen molar-refractivity contribution < 1.29 is 9.18 Å². The van der Waals surface area contributed by atoms with Crippen molar-refractivity contribution in [3.8, 4) is 0 Å². The first-order valence-electron chi connectivity index (χ1n) is 7.54. The maximum Gasteiger partial charge on any atom is 0.237 e. The zero-order valence-electron chi connectivity index (χ0n) is 13.5. The van der Waals surface area contributed by atoms with Crippen molar-refractivity contribution in [1.82, 2.24) is 10.2 Å². The average molecular weight is 369 g/mol. The minimum atomic E-state index is -0.442. The van der Waals surface area contributed by atoms with Gasteiger partial charge in [0.25, 0.3) is 0 Å². The Bertz CT molecular complexity index is 704. The van der Waals surface area contributed by atoms with Gasteiger partial charge in [-0.15, -0.1) is 0 Å². The summed E-state index contributed by atoms with van der Waals surface area (Å²) in [6.07, 6.45) is 0. The molecule has 0 aliphatic rings. The second-order valence-electron chi connectivity index (χ2n) is 5.60. The summed E-state index contributed by atoms with van der Waals surface area (Å²) in [4.78, 5) is 14.0. The monoisotopic (exact) mass is 368 g/mol. The maximum absolute atomic E-state index is 13.9. The number of amides is 1. The molecule has 24 heavy (non-hydrogen) atoms. The van der Waals surface area contributed by atoms with Gasteiger partial charge in [-0.25, -0.2) is 4.39 Å². The second kappa shape index (κ2) is 8.47. The van der Waals surface area contributed by atoms with Crippen LogP contribution in [0, 0.1) is 5.82 Å². The molecule has 1 N–H and O–H groups in total. The van der Waals surface area contributed by atoms with Crippen LogP contribution in [0.2, 0.25) is 10.0 Å². The minimum absolute atomic E-state index is 0.162. The van der Waals surface area contributed by atoms with Crippen LogP contribution < -0.4 is 5.32 Å². The molecule has 0 saturated heterocycles. The Labute approximate surface area is 151 Å². The second-order valence-corrected chi connectivity index (χ2v) is 6.41. The lowest BCUT2D eigenvalue weighted by Crippen LogP contribution is -2.42. The van der Waals surface area contributed by atoms with Crippen molar-refractivity contribution in [2.75, 3.05) is 7.05 Å². The van der Waals surface area contributed by atoms with E-state index in [0.29, 0.717) is 22.2 Å². The molecule has 1 atom stereocenters. The van der Waals surface area contributed by atoms with Crippen LogP contribution in [0.25, 0.3) is 0 Å². The van der Waals surface area contributed by atoms with Crippen LogP contribution in [0.4, 0.5) is 4.39 Å². The van der Waals surface area contributed by atoms with Gasteiger partial charge in [0.15, 0.2) is 0 Å². The summed E-state index contributed by atoms with van der Waals surface area (Å²) in [7, 11) is 1.75. The summed E-state index contributed by atoms with van der Waals surface area (Å²) in [5.41, 5.74) is 1.23. The van der Waals surface area contributed by atoms with E-state index < -0.39 is 6.04 Å². The number of hydrogen-bond donors (Lipinski definition) is 1. The number of rotatable bonds is 6. The van der Waals surface area contributed by atoms with Crippen LogP contribution in [0.15, 0.2) is 42.5 Å². The van der Waals surface area contributed by atoms with Crippen molar-refractivity contribution in [1.29, 1.82) is 0 Å². The molecule has 0 fully saturated rings. The Morgan fingerprint density at radius 3 is 2.50 bits per heavy atom. The van der Waals surface area contributed by atoms with Crippen LogP contribution in [0.1, 0.15) is 18.1 Å². The molecule has 2 rings (SSSR count). The van der Waals surface area contributed by atoms with Crippen molar-refractivity contribution in [3.63, 3.8) is 0 Å². The Balaban J connectivity index is 1.96. The lowest BCUT2D eigenvalue weighted by atomic mass is 10.1. The van der Waals surface area contributed by atoms with E-state index in [1.54, 1.807) is 37.1 Å². The molecule has 0 heterocycles. The highest BCUT2D eigenvalue weighted by Gasteiger charge is 2.20. The van der Waals surface area contributed by atoms with E-state index in [0.717, 1.165) is 5.56 Å². The molecule has 1 unspecified atom stereocenters. The van der Waals surface area contributed by atoms with Gasteiger partial charge in [-0.2, -0.15) is 0 Å². The van der Waals surface area contributed by atoms with Crippen LogP contribution in [-0.2, 0) is 17.9 Å². The van der Waals surface area contributed by atoms with Gasteiger partial charge in [0, 0.05) is 28.7 Å². The third-order valence-electron chi connectivity index (χ3n) is 3.92. The molecule has 1 amide bonds. The molecule has 0 aliphatic carbocycles. The summed E-state index contributed by atoms with van der Waals surface area (Å²) in [5.74, 6) is -0.539. The molecule has 128 valence electrons. The topological polar surface area (TPSA) is 32.3 Å². The van der Waals surface area contributed by atoms with Crippen LogP contribution in [0.5, 0.6) is 0 Å². The molecule has 0 saturated carbocycles. The lowest BCUT2D eigenvalue weighted by molar-refractivity contribution is -0.125. The number of carbonyl (C=O) groups is 1.